The molecule has 0 saturated carbocycles. The predicted octanol–water partition coefficient (Wildman–Crippen LogP) is 0.280. The lowest BCUT2D eigenvalue weighted by Gasteiger charge is -2.29. The van der Waals surface area contributed by atoms with Crippen LogP contribution >= 0.6 is 15.9 Å². The molecule has 0 fully saturated rings. The summed E-state index contributed by atoms with van der Waals surface area (Å²) < 4.78 is 0.846. The molecule has 0 saturated heterocycles. The summed E-state index contributed by atoms with van der Waals surface area (Å²) in [6.45, 7) is 0.711. The van der Waals surface area contributed by atoms with Crippen molar-refractivity contribution in [3.63, 3.8) is 0 Å². The lowest BCUT2D eigenvalue weighted by Crippen LogP contribution is -2.49. The number of nitrogens with one attached hydrogen (secondary N) is 1. The summed E-state index contributed by atoms with van der Waals surface area (Å²) >= 11 is 3.29. The third-order valence-electron chi connectivity index (χ3n) is 2.34. The number of rotatable bonds is 5. The molecule has 4 N–H and O–H groups in total. The molecule has 5 nitrogen and oxygen atoms in total. The Kier molecular flexibility index (Phi) is 4.67. The monoisotopic (exact) mass is 290 g/mol. The van der Waals surface area contributed by atoms with E-state index in [2.05, 4.69) is 26.2 Å². The Morgan fingerprint density at radius 3 is 2.31 bits per heavy atom. The summed E-state index contributed by atoms with van der Waals surface area (Å²) in [7, 11) is 0. The van der Waals surface area contributed by atoms with Gasteiger partial charge in [0, 0.05) is 10.7 Å². The van der Waals surface area contributed by atoms with E-state index in [1.165, 1.54) is 0 Å². The highest BCUT2D eigenvalue weighted by molar-refractivity contribution is 9.10. The van der Waals surface area contributed by atoms with Crippen molar-refractivity contribution in [2.75, 3.05) is 25.1 Å². The molecule has 0 radical (unpaired) electrons. The maximum absolute atomic E-state index is 9.16. The van der Waals surface area contributed by atoms with Gasteiger partial charge in [-0.25, -0.2) is 4.98 Å². The summed E-state index contributed by atoms with van der Waals surface area (Å²) in [6.07, 6.45) is 1.60. The van der Waals surface area contributed by atoms with Crippen LogP contribution in [0.1, 0.15) is 5.56 Å². The maximum atomic E-state index is 9.16. The SMILES string of the molecule is Cc1cc(Br)cnc1NC(CO)(CO)CO. The van der Waals surface area contributed by atoms with Crippen LogP contribution < -0.4 is 5.32 Å². The zero-order valence-corrected chi connectivity index (χ0v) is 10.5. The first-order chi connectivity index (χ1) is 7.56. The van der Waals surface area contributed by atoms with E-state index < -0.39 is 5.54 Å². The first kappa shape index (κ1) is 13.4. The number of hydrogen-bond donors (Lipinski definition) is 4. The minimum Gasteiger partial charge on any atom is -0.394 e. The minimum atomic E-state index is -1.15. The molecule has 16 heavy (non-hydrogen) atoms. The van der Waals surface area contributed by atoms with Gasteiger partial charge in [-0.1, -0.05) is 0 Å². The van der Waals surface area contributed by atoms with Crippen LogP contribution in [0.15, 0.2) is 16.7 Å². The third kappa shape index (κ3) is 2.91. The molecular weight excluding hydrogens is 276 g/mol. The summed E-state index contributed by atoms with van der Waals surface area (Å²) in [5.74, 6) is 0.528. The fourth-order valence-corrected chi connectivity index (χ4v) is 1.64. The van der Waals surface area contributed by atoms with E-state index >= 15 is 0 Å². The first-order valence-corrected chi connectivity index (χ1v) is 5.59. The van der Waals surface area contributed by atoms with E-state index in [0.29, 0.717) is 5.82 Å². The Labute approximate surface area is 102 Å². The number of anilines is 1. The van der Waals surface area contributed by atoms with Crippen LogP contribution in [0.3, 0.4) is 0 Å². The predicted molar refractivity (Wildman–Crippen MR) is 64.3 cm³/mol. The van der Waals surface area contributed by atoms with Crippen molar-refractivity contribution in [3.8, 4) is 0 Å². The number of pyridine rings is 1. The van der Waals surface area contributed by atoms with E-state index in [0.717, 1.165) is 10.0 Å². The molecule has 6 heteroatoms. The molecule has 0 amide bonds. The Balaban J connectivity index is 2.93. The lowest BCUT2D eigenvalue weighted by atomic mass is 10.0. The molecule has 1 aromatic rings. The summed E-state index contributed by atoms with van der Waals surface area (Å²) in [5.41, 5.74) is -0.292. The van der Waals surface area contributed by atoms with Crippen LogP contribution in [-0.4, -0.2) is 45.7 Å². The van der Waals surface area contributed by atoms with Crippen LogP contribution in [0.5, 0.6) is 0 Å². The molecule has 0 unspecified atom stereocenters. The van der Waals surface area contributed by atoms with Crippen LogP contribution in [-0.2, 0) is 0 Å². The summed E-state index contributed by atoms with van der Waals surface area (Å²) in [4.78, 5) is 4.12. The average Bonchev–Trinajstić information content (AvgIpc) is 2.29. The molecule has 1 aromatic heterocycles. The van der Waals surface area contributed by atoms with E-state index in [9.17, 15) is 0 Å². The molecule has 0 atom stereocenters. The van der Waals surface area contributed by atoms with Gasteiger partial charge >= 0.3 is 0 Å². The van der Waals surface area contributed by atoms with Gasteiger partial charge in [0.2, 0.25) is 0 Å². The van der Waals surface area contributed by atoms with Gasteiger partial charge in [-0.3, -0.25) is 0 Å². The highest BCUT2D eigenvalue weighted by Gasteiger charge is 2.28. The molecule has 90 valence electrons. The number of aliphatic hydroxyl groups excluding tert-OH is 3. The molecule has 0 aromatic carbocycles. The van der Waals surface area contributed by atoms with Crippen molar-refractivity contribution in [3.05, 3.63) is 22.3 Å². The van der Waals surface area contributed by atoms with Gasteiger partial charge in [0.15, 0.2) is 0 Å². The van der Waals surface area contributed by atoms with Crippen molar-refractivity contribution in [2.45, 2.75) is 12.5 Å². The van der Waals surface area contributed by atoms with Crippen molar-refractivity contribution < 1.29 is 15.3 Å². The second-order valence-corrected chi connectivity index (χ2v) is 4.61. The zero-order chi connectivity index (χ0) is 12.2. The lowest BCUT2D eigenvalue weighted by molar-refractivity contribution is 0.0830. The average molecular weight is 291 g/mol. The Morgan fingerprint density at radius 1 is 1.31 bits per heavy atom. The number of halogens is 1. The summed E-state index contributed by atoms with van der Waals surface area (Å²) in [6, 6.07) is 1.85. The number of hydrogen-bond acceptors (Lipinski definition) is 5. The van der Waals surface area contributed by atoms with Crippen LogP contribution in [0, 0.1) is 6.92 Å². The zero-order valence-electron chi connectivity index (χ0n) is 8.94. The fourth-order valence-electron chi connectivity index (χ4n) is 1.19. The van der Waals surface area contributed by atoms with Gasteiger partial charge in [0.25, 0.3) is 0 Å². The highest BCUT2D eigenvalue weighted by Crippen LogP contribution is 2.20. The Hall–Kier alpha value is -0.690. The van der Waals surface area contributed by atoms with Crippen molar-refractivity contribution in [2.24, 2.45) is 0 Å². The molecule has 0 spiro atoms. The van der Waals surface area contributed by atoms with Gasteiger partial charge in [-0.2, -0.15) is 0 Å². The Morgan fingerprint density at radius 2 is 1.88 bits per heavy atom. The van der Waals surface area contributed by atoms with Crippen molar-refractivity contribution >= 4 is 21.7 Å². The normalized spacial score (nSPS) is 11.6. The van der Waals surface area contributed by atoms with Crippen molar-refractivity contribution in [1.29, 1.82) is 0 Å². The second kappa shape index (κ2) is 5.58. The summed E-state index contributed by atoms with van der Waals surface area (Å²) in [5, 5.41) is 30.3. The van der Waals surface area contributed by atoms with Crippen LogP contribution in [0.2, 0.25) is 0 Å². The Bertz CT molecular complexity index is 348. The van der Waals surface area contributed by atoms with Gasteiger partial charge in [-0.15, -0.1) is 0 Å². The minimum absolute atomic E-state index is 0.378. The second-order valence-electron chi connectivity index (χ2n) is 3.70. The largest absolute Gasteiger partial charge is 0.394 e. The molecular formula is C10H15BrN2O3. The van der Waals surface area contributed by atoms with E-state index in [1.54, 1.807) is 6.20 Å². The number of nitrogens with zero attached hydrogens (tertiary/aromatic N) is 1. The smallest absolute Gasteiger partial charge is 0.129 e. The quantitative estimate of drug-likeness (QED) is 0.626. The van der Waals surface area contributed by atoms with E-state index in [-0.39, 0.29) is 19.8 Å². The molecule has 0 bridgehead atoms. The van der Waals surface area contributed by atoms with Gasteiger partial charge < -0.3 is 20.6 Å². The van der Waals surface area contributed by atoms with E-state index in [4.69, 9.17) is 15.3 Å². The van der Waals surface area contributed by atoms with Gasteiger partial charge in [0.05, 0.1) is 19.8 Å². The fraction of sp³-hybridized carbons (Fsp3) is 0.500. The topological polar surface area (TPSA) is 85.6 Å². The standard InChI is InChI=1S/C10H15BrN2O3/c1-7-2-8(11)3-12-9(7)13-10(4-14,5-15)6-16/h2-3,14-16H,4-6H2,1H3,(H,12,13). The van der Waals surface area contributed by atoms with Gasteiger partial charge in [-0.05, 0) is 34.5 Å². The van der Waals surface area contributed by atoms with Crippen molar-refractivity contribution in [1.82, 2.24) is 4.98 Å². The molecule has 1 heterocycles. The third-order valence-corrected chi connectivity index (χ3v) is 2.77. The molecule has 0 aliphatic rings. The number of aryl methyl sites for hydroxylation is 1. The number of aromatic nitrogens is 1. The molecule has 1 rings (SSSR count). The number of aliphatic hydroxyl groups is 3. The van der Waals surface area contributed by atoms with E-state index in [1.807, 2.05) is 13.0 Å². The molecule has 0 aliphatic carbocycles. The van der Waals surface area contributed by atoms with Crippen LogP contribution in [0.25, 0.3) is 0 Å². The first-order valence-electron chi connectivity index (χ1n) is 4.80. The maximum Gasteiger partial charge on any atom is 0.129 e. The van der Waals surface area contributed by atoms with Crippen LogP contribution in [0.4, 0.5) is 5.82 Å². The highest BCUT2D eigenvalue weighted by atomic mass is 79.9. The van der Waals surface area contributed by atoms with Gasteiger partial charge in [0.1, 0.15) is 11.4 Å². The molecule has 0 aliphatic heterocycles.